The maximum Gasteiger partial charge on any atom is 0.123 e. The van der Waals surface area contributed by atoms with Crippen LogP contribution in [0.25, 0.3) is 0 Å². The molecule has 0 spiro atoms. The molecule has 22 heavy (non-hydrogen) atoms. The lowest BCUT2D eigenvalue weighted by atomic mass is 9.98. The van der Waals surface area contributed by atoms with E-state index in [0.717, 1.165) is 17.9 Å². The van der Waals surface area contributed by atoms with Gasteiger partial charge in [0.25, 0.3) is 0 Å². The molecule has 2 aromatic rings. The van der Waals surface area contributed by atoms with Crippen LogP contribution in [-0.2, 0) is 0 Å². The Labute approximate surface area is 132 Å². The van der Waals surface area contributed by atoms with Gasteiger partial charge in [0.1, 0.15) is 17.7 Å². The fraction of sp³-hybridized carbons (Fsp3) is 0.368. The molecule has 0 aliphatic carbocycles. The first kappa shape index (κ1) is 16.3. The predicted octanol–water partition coefficient (Wildman–Crippen LogP) is 5.22. The van der Waals surface area contributed by atoms with Gasteiger partial charge in [-0.15, -0.1) is 0 Å². The number of hydrogen-bond acceptors (Lipinski definition) is 2. The van der Waals surface area contributed by atoms with Crippen LogP contribution in [0.2, 0.25) is 0 Å². The molecule has 0 radical (unpaired) electrons. The lowest BCUT2D eigenvalue weighted by Gasteiger charge is -2.20. The van der Waals surface area contributed by atoms with Crippen LogP contribution in [0.1, 0.15) is 38.7 Å². The van der Waals surface area contributed by atoms with Crippen molar-refractivity contribution in [1.82, 2.24) is 0 Å². The zero-order chi connectivity index (χ0) is 15.9. The van der Waals surface area contributed by atoms with Gasteiger partial charge in [0.15, 0.2) is 0 Å². The standard InChI is InChI=1S/C19H24FNO/c1-4-14(2)18-7-5-6-8-19(18)22-15(3)13-21-17-11-9-16(20)10-12-17/h5-12,14-15,21H,4,13H2,1-3H3/t14-,15+/m0/s1. The van der Waals surface area contributed by atoms with Crippen LogP contribution in [0, 0.1) is 5.82 Å². The number of rotatable bonds is 7. The molecule has 0 aliphatic heterocycles. The molecule has 2 atom stereocenters. The highest BCUT2D eigenvalue weighted by atomic mass is 19.1. The maximum atomic E-state index is 12.9. The third kappa shape index (κ3) is 4.48. The maximum absolute atomic E-state index is 12.9. The second kappa shape index (κ2) is 7.83. The molecule has 3 heteroatoms. The molecule has 0 aromatic heterocycles. The minimum atomic E-state index is -0.225. The fourth-order valence-electron chi connectivity index (χ4n) is 2.30. The van der Waals surface area contributed by atoms with E-state index in [9.17, 15) is 4.39 Å². The zero-order valence-electron chi connectivity index (χ0n) is 13.5. The minimum Gasteiger partial charge on any atom is -0.489 e. The Balaban J connectivity index is 1.94. The number of nitrogens with one attached hydrogen (secondary N) is 1. The zero-order valence-corrected chi connectivity index (χ0v) is 13.5. The van der Waals surface area contributed by atoms with E-state index in [1.54, 1.807) is 12.1 Å². The van der Waals surface area contributed by atoms with Crippen molar-refractivity contribution in [2.24, 2.45) is 0 Å². The first-order valence-electron chi connectivity index (χ1n) is 7.85. The Bertz CT molecular complexity index is 582. The van der Waals surface area contributed by atoms with Gasteiger partial charge >= 0.3 is 0 Å². The monoisotopic (exact) mass is 301 g/mol. The van der Waals surface area contributed by atoms with E-state index in [1.165, 1.54) is 17.7 Å². The summed E-state index contributed by atoms with van der Waals surface area (Å²) in [6.07, 6.45) is 1.11. The summed E-state index contributed by atoms with van der Waals surface area (Å²) in [6.45, 7) is 7.09. The first-order chi connectivity index (χ1) is 10.6. The number of anilines is 1. The molecule has 0 aliphatic rings. The Hall–Kier alpha value is -2.03. The molecule has 0 unspecified atom stereocenters. The second-order valence-corrected chi connectivity index (χ2v) is 5.66. The van der Waals surface area contributed by atoms with E-state index in [4.69, 9.17) is 4.74 Å². The van der Waals surface area contributed by atoms with E-state index in [1.807, 2.05) is 19.1 Å². The molecule has 0 fully saturated rings. The van der Waals surface area contributed by atoms with Crippen LogP contribution in [0.15, 0.2) is 48.5 Å². The van der Waals surface area contributed by atoms with Crippen LogP contribution in [0.4, 0.5) is 10.1 Å². The predicted molar refractivity (Wildman–Crippen MR) is 90.1 cm³/mol. The smallest absolute Gasteiger partial charge is 0.123 e. The van der Waals surface area contributed by atoms with Crippen molar-refractivity contribution in [2.75, 3.05) is 11.9 Å². The SMILES string of the molecule is CC[C@H](C)c1ccccc1O[C@H](C)CNc1ccc(F)cc1. The lowest BCUT2D eigenvalue weighted by Crippen LogP contribution is -2.23. The lowest BCUT2D eigenvalue weighted by molar-refractivity contribution is 0.231. The highest BCUT2D eigenvalue weighted by Gasteiger charge is 2.12. The van der Waals surface area contributed by atoms with E-state index >= 15 is 0 Å². The summed E-state index contributed by atoms with van der Waals surface area (Å²) in [5.74, 6) is 1.20. The van der Waals surface area contributed by atoms with Crippen molar-refractivity contribution in [3.8, 4) is 5.75 Å². The van der Waals surface area contributed by atoms with Crippen molar-refractivity contribution in [2.45, 2.75) is 39.2 Å². The molecular formula is C19H24FNO. The molecule has 0 amide bonds. The van der Waals surface area contributed by atoms with Crippen LogP contribution < -0.4 is 10.1 Å². The third-order valence-corrected chi connectivity index (χ3v) is 3.83. The van der Waals surface area contributed by atoms with Crippen LogP contribution in [-0.4, -0.2) is 12.6 Å². The molecular weight excluding hydrogens is 277 g/mol. The summed E-state index contributed by atoms with van der Waals surface area (Å²) in [5, 5.41) is 3.26. The molecule has 0 heterocycles. The topological polar surface area (TPSA) is 21.3 Å². The number of halogens is 1. The van der Waals surface area contributed by atoms with Crippen LogP contribution in [0.3, 0.4) is 0 Å². The van der Waals surface area contributed by atoms with Gasteiger partial charge in [0, 0.05) is 5.69 Å². The molecule has 118 valence electrons. The molecule has 0 bridgehead atoms. The molecule has 2 nitrogen and oxygen atoms in total. The highest BCUT2D eigenvalue weighted by molar-refractivity contribution is 5.43. The summed E-state index contributed by atoms with van der Waals surface area (Å²) < 4.78 is 19.0. The largest absolute Gasteiger partial charge is 0.489 e. The van der Waals surface area contributed by atoms with E-state index in [2.05, 4.69) is 31.3 Å². The van der Waals surface area contributed by atoms with Gasteiger partial charge < -0.3 is 10.1 Å². The average molecular weight is 301 g/mol. The van der Waals surface area contributed by atoms with E-state index in [0.29, 0.717) is 12.5 Å². The first-order valence-corrected chi connectivity index (χ1v) is 7.85. The summed E-state index contributed by atoms with van der Waals surface area (Å²) in [4.78, 5) is 0. The molecule has 2 aromatic carbocycles. The van der Waals surface area contributed by atoms with Crippen molar-refractivity contribution < 1.29 is 9.13 Å². The number of para-hydroxylation sites is 1. The summed E-state index contributed by atoms with van der Waals surface area (Å²) in [6, 6.07) is 14.6. The Morgan fingerprint density at radius 3 is 2.41 bits per heavy atom. The van der Waals surface area contributed by atoms with Crippen molar-refractivity contribution >= 4 is 5.69 Å². The summed E-state index contributed by atoms with van der Waals surface area (Å²) in [7, 11) is 0. The quantitative estimate of drug-likeness (QED) is 0.757. The number of hydrogen-bond donors (Lipinski definition) is 1. The van der Waals surface area contributed by atoms with Crippen molar-refractivity contribution in [1.29, 1.82) is 0 Å². The Morgan fingerprint density at radius 2 is 1.73 bits per heavy atom. The minimum absolute atomic E-state index is 0.0234. The van der Waals surface area contributed by atoms with Gasteiger partial charge in [-0.3, -0.25) is 0 Å². The number of ether oxygens (including phenoxy) is 1. The van der Waals surface area contributed by atoms with Crippen LogP contribution in [0.5, 0.6) is 5.75 Å². The summed E-state index contributed by atoms with van der Waals surface area (Å²) >= 11 is 0. The molecule has 1 N–H and O–H groups in total. The van der Waals surface area contributed by atoms with Gasteiger partial charge in [-0.25, -0.2) is 4.39 Å². The van der Waals surface area contributed by atoms with Crippen molar-refractivity contribution in [3.05, 3.63) is 59.9 Å². The van der Waals surface area contributed by atoms with Crippen molar-refractivity contribution in [3.63, 3.8) is 0 Å². The van der Waals surface area contributed by atoms with Gasteiger partial charge in [-0.05, 0) is 55.2 Å². The summed E-state index contributed by atoms with van der Waals surface area (Å²) in [5.41, 5.74) is 2.14. The number of benzene rings is 2. The van der Waals surface area contributed by atoms with E-state index in [-0.39, 0.29) is 11.9 Å². The van der Waals surface area contributed by atoms with Crippen LogP contribution >= 0.6 is 0 Å². The third-order valence-electron chi connectivity index (χ3n) is 3.83. The van der Waals surface area contributed by atoms with Gasteiger partial charge in [-0.2, -0.15) is 0 Å². The normalized spacial score (nSPS) is 13.5. The molecule has 2 rings (SSSR count). The van der Waals surface area contributed by atoms with Gasteiger partial charge in [0.2, 0.25) is 0 Å². The van der Waals surface area contributed by atoms with E-state index < -0.39 is 0 Å². The Kier molecular flexibility index (Phi) is 5.82. The van der Waals surface area contributed by atoms with Gasteiger partial charge in [-0.1, -0.05) is 32.0 Å². The average Bonchev–Trinajstić information content (AvgIpc) is 2.54. The second-order valence-electron chi connectivity index (χ2n) is 5.66. The molecule has 0 saturated carbocycles. The fourth-order valence-corrected chi connectivity index (χ4v) is 2.30. The Morgan fingerprint density at radius 1 is 1.05 bits per heavy atom. The van der Waals surface area contributed by atoms with Gasteiger partial charge in [0.05, 0.1) is 6.54 Å². The molecule has 0 saturated heterocycles. The highest BCUT2D eigenvalue weighted by Crippen LogP contribution is 2.29.